The highest BCUT2D eigenvalue weighted by Gasteiger charge is 2.20. The Bertz CT molecular complexity index is 670. The highest BCUT2D eigenvalue weighted by molar-refractivity contribution is 9.10. The fourth-order valence-electron chi connectivity index (χ4n) is 2.00. The maximum atomic E-state index is 12.4. The molecule has 0 aliphatic rings. The van der Waals surface area contributed by atoms with Crippen LogP contribution in [0.1, 0.15) is 34.5 Å². The minimum absolute atomic E-state index is 0.165. The average Bonchev–Trinajstić information content (AvgIpc) is 2.97. The van der Waals surface area contributed by atoms with Crippen LogP contribution in [0.4, 0.5) is 5.13 Å². The van der Waals surface area contributed by atoms with Gasteiger partial charge in [-0.3, -0.25) is 9.59 Å². The molecule has 1 amide bonds. The number of benzene rings is 1. The van der Waals surface area contributed by atoms with Crippen molar-refractivity contribution in [1.29, 1.82) is 0 Å². The quantitative estimate of drug-likeness (QED) is 0.751. The Morgan fingerprint density at radius 2 is 2.05 bits per heavy atom. The molecule has 0 saturated heterocycles. The van der Waals surface area contributed by atoms with Gasteiger partial charge < -0.3 is 10.4 Å². The average molecular weight is 383 g/mol. The summed E-state index contributed by atoms with van der Waals surface area (Å²) in [5.74, 6) is -0.853. The van der Waals surface area contributed by atoms with Gasteiger partial charge in [0.1, 0.15) is 6.61 Å². The molecule has 0 fully saturated rings. The second-order valence-corrected chi connectivity index (χ2v) is 6.56. The Morgan fingerprint density at radius 1 is 1.36 bits per heavy atom. The van der Waals surface area contributed by atoms with E-state index in [2.05, 4.69) is 26.2 Å². The minimum Gasteiger partial charge on any atom is -0.388 e. The van der Waals surface area contributed by atoms with Gasteiger partial charge in [0.2, 0.25) is 5.91 Å². The van der Waals surface area contributed by atoms with Crippen LogP contribution in [0, 0.1) is 0 Å². The summed E-state index contributed by atoms with van der Waals surface area (Å²) in [5, 5.41) is 11.9. The van der Waals surface area contributed by atoms with E-state index in [9.17, 15) is 9.59 Å². The molecule has 116 valence electrons. The summed E-state index contributed by atoms with van der Waals surface area (Å²) >= 11 is 4.43. The Labute approximate surface area is 140 Å². The van der Waals surface area contributed by atoms with Crippen LogP contribution in [0.3, 0.4) is 0 Å². The fraction of sp³-hybridized carbons (Fsp3) is 0.267. The molecule has 2 N–H and O–H groups in total. The van der Waals surface area contributed by atoms with E-state index in [0.29, 0.717) is 16.4 Å². The van der Waals surface area contributed by atoms with E-state index in [1.165, 1.54) is 6.20 Å². The molecule has 0 aliphatic heterocycles. The molecule has 1 heterocycles. The van der Waals surface area contributed by atoms with E-state index < -0.39 is 12.4 Å². The zero-order chi connectivity index (χ0) is 16.1. The molecule has 0 spiro atoms. The molecule has 22 heavy (non-hydrogen) atoms. The SMILES string of the molecule is CCC(C(=O)Nc1ncc(C(=O)CO)s1)c1ccc(Br)cc1. The Hall–Kier alpha value is -1.57. The first kappa shape index (κ1) is 16.8. The van der Waals surface area contributed by atoms with E-state index in [1.54, 1.807) is 0 Å². The van der Waals surface area contributed by atoms with Crippen LogP contribution in [0.15, 0.2) is 34.9 Å². The van der Waals surface area contributed by atoms with Crippen molar-refractivity contribution in [2.24, 2.45) is 0 Å². The Balaban J connectivity index is 2.11. The van der Waals surface area contributed by atoms with Crippen molar-refractivity contribution in [3.8, 4) is 0 Å². The number of Topliss-reactive ketones (excluding diaryl/α,β-unsaturated/α-hetero) is 1. The summed E-state index contributed by atoms with van der Waals surface area (Å²) in [6.07, 6.45) is 2.01. The lowest BCUT2D eigenvalue weighted by Gasteiger charge is -2.14. The molecular formula is C15H15BrN2O3S. The van der Waals surface area contributed by atoms with Crippen molar-refractivity contribution < 1.29 is 14.7 Å². The number of carbonyl (C=O) groups is 2. The Kier molecular flexibility index (Phi) is 5.82. The van der Waals surface area contributed by atoms with Crippen LogP contribution in [-0.4, -0.2) is 28.4 Å². The van der Waals surface area contributed by atoms with E-state index in [0.717, 1.165) is 21.4 Å². The lowest BCUT2D eigenvalue weighted by molar-refractivity contribution is -0.117. The molecule has 1 atom stereocenters. The third-order valence-electron chi connectivity index (χ3n) is 3.15. The largest absolute Gasteiger partial charge is 0.388 e. The van der Waals surface area contributed by atoms with Gasteiger partial charge in [0.05, 0.1) is 17.0 Å². The molecule has 0 aliphatic carbocycles. The summed E-state index contributed by atoms with van der Waals surface area (Å²) in [4.78, 5) is 28.1. The maximum absolute atomic E-state index is 12.4. The van der Waals surface area contributed by atoms with Crippen molar-refractivity contribution in [1.82, 2.24) is 4.98 Å². The molecule has 2 rings (SSSR count). The van der Waals surface area contributed by atoms with Crippen LogP contribution in [0.2, 0.25) is 0 Å². The minimum atomic E-state index is -0.563. The van der Waals surface area contributed by atoms with E-state index in [-0.39, 0.29) is 11.8 Å². The predicted molar refractivity (Wildman–Crippen MR) is 89.3 cm³/mol. The summed E-state index contributed by atoms with van der Waals surface area (Å²) in [5.41, 5.74) is 0.923. The molecule has 0 saturated carbocycles. The predicted octanol–water partition coefficient (Wildman–Crippen LogP) is 3.21. The van der Waals surface area contributed by atoms with Crippen molar-refractivity contribution >= 4 is 44.1 Å². The van der Waals surface area contributed by atoms with Gasteiger partial charge in [-0.1, -0.05) is 46.3 Å². The maximum Gasteiger partial charge on any atom is 0.233 e. The molecule has 7 heteroatoms. The molecule has 2 aromatic rings. The lowest BCUT2D eigenvalue weighted by Crippen LogP contribution is -2.20. The number of thiazole rings is 1. The zero-order valence-electron chi connectivity index (χ0n) is 11.9. The van der Waals surface area contributed by atoms with Gasteiger partial charge in [0.15, 0.2) is 10.9 Å². The van der Waals surface area contributed by atoms with E-state index in [1.807, 2.05) is 31.2 Å². The van der Waals surface area contributed by atoms with Gasteiger partial charge in [-0.15, -0.1) is 0 Å². The molecule has 1 aromatic heterocycles. The van der Waals surface area contributed by atoms with Crippen molar-refractivity contribution in [2.45, 2.75) is 19.3 Å². The molecule has 0 radical (unpaired) electrons. The number of hydrogen-bond donors (Lipinski definition) is 2. The van der Waals surface area contributed by atoms with Crippen LogP contribution < -0.4 is 5.32 Å². The van der Waals surface area contributed by atoms with Gasteiger partial charge >= 0.3 is 0 Å². The highest BCUT2D eigenvalue weighted by atomic mass is 79.9. The summed E-state index contributed by atoms with van der Waals surface area (Å²) in [6.45, 7) is 1.38. The number of halogens is 1. The number of hydrogen-bond acceptors (Lipinski definition) is 5. The molecule has 1 unspecified atom stereocenters. The van der Waals surface area contributed by atoms with Crippen LogP contribution in [0.25, 0.3) is 0 Å². The molecule has 5 nitrogen and oxygen atoms in total. The van der Waals surface area contributed by atoms with E-state index in [4.69, 9.17) is 5.11 Å². The number of ketones is 1. The monoisotopic (exact) mass is 382 g/mol. The van der Waals surface area contributed by atoms with Crippen molar-refractivity contribution in [2.75, 3.05) is 11.9 Å². The first-order valence-electron chi connectivity index (χ1n) is 6.71. The highest BCUT2D eigenvalue weighted by Crippen LogP contribution is 2.25. The van der Waals surface area contributed by atoms with Crippen molar-refractivity contribution in [3.05, 3.63) is 45.4 Å². The van der Waals surface area contributed by atoms with Gasteiger partial charge in [0, 0.05) is 4.47 Å². The zero-order valence-corrected chi connectivity index (χ0v) is 14.3. The second-order valence-electron chi connectivity index (χ2n) is 4.61. The van der Waals surface area contributed by atoms with Crippen LogP contribution in [0.5, 0.6) is 0 Å². The van der Waals surface area contributed by atoms with Gasteiger partial charge in [-0.05, 0) is 24.1 Å². The number of rotatable bonds is 6. The number of aromatic nitrogens is 1. The third-order valence-corrected chi connectivity index (χ3v) is 4.63. The summed E-state index contributed by atoms with van der Waals surface area (Å²) in [7, 11) is 0. The number of aliphatic hydroxyl groups is 1. The Morgan fingerprint density at radius 3 is 2.64 bits per heavy atom. The van der Waals surface area contributed by atoms with Crippen molar-refractivity contribution in [3.63, 3.8) is 0 Å². The molecular weight excluding hydrogens is 368 g/mol. The topological polar surface area (TPSA) is 79.3 Å². The lowest BCUT2D eigenvalue weighted by atomic mass is 9.96. The molecule has 0 bridgehead atoms. The fourth-order valence-corrected chi connectivity index (χ4v) is 3.01. The molecule has 1 aromatic carbocycles. The summed E-state index contributed by atoms with van der Waals surface area (Å²) < 4.78 is 0.957. The number of nitrogens with zero attached hydrogens (tertiary/aromatic N) is 1. The van der Waals surface area contributed by atoms with Gasteiger partial charge in [0.25, 0.3) is 0 Å². The number of aliphatic hydroxyl groups excluding tert-OH is 1. The van der Waals surface area contributed by atoms with E-state index >= 15 is 0 Å². The third kappa shape index (κ3) is 4.00. The first-order valence-corrected chi connectivity index (χ1v) is 8.32. The number of anilines is 1. The van der Waals surface area contributed by atoms with Gasteiger partial charge in [-0.25, -0.2) is 4.98 Å². The second kappa shape index (κ2) is 7.62. The standard InChI is InChI=1S/C15H15BrN2O3S/c1-2-11(9-3-5-10(16)6-4-9)14(21)18-15-17-7-13(22-15)12(20)8-19/h3-7,11,19H,2,8H2,1H3,(H,17,18,21). The number of nitrogens with one attached hydrogen (secondary N) is 1. The first-order chi connectivity index (χ1) is 10.5. The van der Waals surface area contributed by atoms with Crippen LogP contribution in [-0.2, 0) is 4.79 Å². The smallest absolute Gasteiger partial charge is 0.233 e. The van der Waals surface area contributed by atoms with Gasteiger partial charge in [-0.2, -0.15) is 0 Å². The number of amides is 1. The van der Waals surface area contributed by atoms with Crippen LogP contribution >= 0.6 is 27.3 Å². The summed E-state index contributed by atoms with van der Waals surface area (Å²) in [6, 6.07) is 7.60. The number of carbonyl (C=O) groups excluding carboxylic acids is 2. The normalized spacial score (nSPS) is 12.0.